The van der Waals surface area contributed by atoms with Crippen LogP contribution in [0.3, 0.4) is 0 Å². The average Bonchev–Trinajstić information content (AvgIpc) is 2.77. The van der Waals surface area contributed by atoms with Gasteiger partial charge in [-0.1, -0.05) is 6.07 Å². The molecule has 2 aromatic heterocycles. The van der Waals surface area contributed by atoms with E-state index < -0.39 is 17.8 Å². The molecule has 2 heterocycles. The maximum absolute atomic E-state index is 13.6. The SMILES string of the molecule is Cc1cc([C@@H](C)Nc2ccc(F)cc2C(=O)O)c2oc(-c3cccnc3)c(C)c(=O)c2c1. The van der Waals surface area contributed by atoms with E-state index in [4.69, 9.17) is 4.42 Å². The highest BCUT2D eigenvalue weighted by atomic mass is 19.1. The Morgan fingerprint density at radius 2 is 1.97 bits per heavy atom. The standard InChI is InChI=1S/C25H21FN2O4/c1-13-9-18(15(3)28-21-7-6-17(26)11-19(21)25(30)31)24-20(10-13)22(29)14(2)23(32-24)16-5-4-8-27-12-16/h4-12,15,28H,1-3H3,(H,30,31)/t15-/m1/s1. The highest BCUT2D eigenvalue weighted by Gasteiger charge is 2.20. The molecule has 162 valence electrons. The van der Waals surface area contributed by atoms with Crippen LogP contribution in [-0.2, 0) is 0 Å². The van der Waals surface area contributed by atoms with Crippen molar-refractivity contribution in [3.63, 3.8) is 0 Å². The van der Waals surface area contributed by atoms with Crippen LogP contribution in [0.15, 0.2) is 64.1 Å². The predicted molar refractivity (Wildman–Crippen MR) is 121 cm³/mol. The Labute approximate surface area is 183 Å². The van der Waals surface area contributed by atoms with E-state index >= 15 is 0 Å². The van der Waals surface area contributed by atoms with Crippen molar-refractivity contribution in [1.82, 2.24) is 4.98 Å². The molecule has 0 amide bonds. The van der Waals surface area contributed by atoms with Crippen LogP contribution < -0.4 is 10.7 Å². The summed E-state index contributed by atoms with van der Waals surface area (Å²) >= 11 is 0. The van der Waals surface area contributed by atoms with E-state index in [0.717, 1.165) is 11.6 Å². The molecule has 0 bridgehead atoms. The number of nitrogens with zero attached hydrogens (tertiary/aromatic N) is 1. The van der Waals surface area contributed by atoms with Gasteiger partial charge >= 0.3 is 5.97 Å². The van der Waals surface area contributed by atoms with Gasteiger partial charge in [0, 0.05) is 34.8 Å². The first-order valence-corrected chi connectivity index (χ1v) is 10.0. The van der Waals surface area contributed by atoms with Crippen LogP contribution in [0.2, 0.25) is 0 Å². The molecule has 0 saturated carbocycles. The zero-order valence-corrected chi connectivity index (χ0v) is 17.8. The molecular formula is C25H21FN2O4. The van der Waals surface area contributed by atoms with E-state index in [1.54, 1.807) is 31.5 Å². The number of nitrogens with one attached hydrogen (secondary N) is 1. The van der Waals surface area contributed by atoms with Crippen molar-refractivity contribution in [1.29, 1.82) is 0 Å². The van der Waals surface area contributed by atoms with Crippen molar-refractivity contribution in [2.75, 3.05) is 5.32 Å². The average molecular weight is 432 g/mol. The first kappa shape index (κ1) is 21.2. The summed E-state index contributed by atoms with van der Waals surface area (Å²) < 4.78 is 19.8. The molecule has 0 aliphatic heterocycles. The third kappa shape index (κ3) is 3.85. The van der Waals surface area contributed by atoms with Crippen molar-refractivity contribution in [2.24, 2.45) is 0 Å². The van der Waals surface area contributed by atoms with Crippen molar-refractivity contribution in [3.8, 4) is 11.3 Å². The van der Waals surface area contributed by atoms with Gasteiger partial charge in [-0.15, -0.1) is 0 Å². The fraction of sp³-hybridized carbons (Fsp3) is 0.160. The van der Waals surface area contributed by atoms with Gasteiger partial charge in [-0.2, -0.15) is 0 Å². The Morgan fingerprint density at radius 3 is 2.66 bits per heavy atom. The fourth-order valence-corrected chi connectivity index (χ4v) is 3.79. The Balaban J connectivity index is 1.88. The van der Waals surface area contributed by atoms with Gasteiger partial charge in [0.05, 0.1) is 17.0 Å². The Morgan fingerprint density at radius 1 is 1.19 bits per heavy atom. The number of halogens is 1. The largest absolute Gasteiger partial charge is 0.478 e. The Kier molecular flexibility index (Phi) is 5.48. The van der Waals surface area contributed by atoms with E-state index in [2.05, 4.69) is 10.3 Å². The zero-order valence-electron chi connectivity index (χ0n) is 17.8. The van der Waals surface area contributed by atoms with E-state index in [0.29, 0.717) is 33.4 Å². The van der Waals surface area contributed by atoms with Crippen LogP contribution in [0.5, 0.6) is 0 Å². The molecule has 2 aromatic carbocycles. The van der Waals surface area contributed by atoms with Crippen LogP contribution in [0, 0.1) is 19.7 Å². The smallest absolute Gasteiger partial charge is 0.337 e. The minimum absolute atomic E-state index is 0.143. The number of benzene rings is 2. The summed E-state index contributed by atoms with van der Waals surface area (Å²) in [5.74, 6) is -1.44. The summed E-state index contributed by atoms with van der Waals surface area (Å²) in [5, 5.41) is 13.0. The van der Waals surface area contributed by atoms with Gasteiger partial charge in [-0.05, 0) is 62.7 Å². The molecule has 0 unspecified atom stereocenters. The number of pyridine rings is 1. The number of carbonyl (C=O) groups is 1. The lowest BCUT2D eigenvalue weighted by Crippen LogP contribution is -2.14. The maximum atomic E-state index is 13.6. The van der Waals surface area contributed by atoms with E-state index in [1.807, 2.05) is 26.0 Å². The van der Waals surface area contributed by atoms with Crippen LogP contribution in [0.1, 0.15) is 40.0 Å². The highest BCUT2D eigenvalue weighted by molar-refractivity contribution is 5.94. The lowest BCUT2D eigenvalue weighted by Gasteiger charge is -2.20. The summed E-state index contributed by atoms with van der Waals surface area (Å²) in [6.45, 7) is 5.42. The predicted octanol–water partition coefficient (Wildman–Crippen LogP) is 5.48. The number of carboxylic acid groups (broad SMARTS) is 1. The molecule has 4 rings (SSSR count). The lowest BCUT2D eigenvalue weighted by atomic mass is 9.99. The molecule has 0 saturated heterocycles. The normalized spacial score (nSPS) is 12.0. The van der Waals surface area contributed by atoms with Crippen LogP contribution in [0.25, 0.3) is 22.3 Å². The van der Waals surface area contributed by atoms with Gasteiger partial charge < -0.3 is 14.8 Å². The quantitative estimate of drug-likeness (QED) is 0.434. The van der Waals surface area contributed by atoms with Gasteiger partial charge in [0.2, 0.25) is 0 Å². The number of rotatable bonds is 5. The molecule has 0 spiro atoms. The fourth-order valence-electron chi connectivity index (χ4n) is 3.79. The summed E-state index contributed by atoms with van der Waals surface area (Å²) in [6, 6.07) is 10.4. The second kappa shape index (κ2) is 8.26. The van der Waals surface area contributed by atoms with Crippen molar-refractivity contribution in [3.05, 3.63) is 93.2 Å². The molecule has 32 heavy (non-hydrogen) atoms. The summed E-state index contributed by atoms with van der Waals surface area (Å²) in [7, 11) is 0. The minimum atomic E-state index is -1.24. The van der Waals surface area contributed by atoms with Crippen molar-refractivity contribution in [2.45, 2.75) is 26.8 Å². The molecule has 0 radical (unpaired) electrons. The molecule has 0 fully saturated rings. The van der Waals surface area contributed by atoms with Crippen molar-refractivity contribution < 1.29 is 18.7 Å². The number of fused-ring (bicyclic) bond motifs is 1. The van der Waals surface area contributed by atoms with Gasteiger partial charge in [0.1, 0.15) is 17.2 Å². The number of anilines is 1. The Hall–Kier alpha value is -4.00. The molecule has 4 aromatic rings. The second-order valence-corrected chi connectivity index (χ2v) is 7.72. The third-order valence-electron chi connectivity index (χ3n) is 5.37. The van der Waals surface area contributed by atoms with Crippen LogP contribution >= 0.6 is 0 Å². The second-order valence-electron chi connectivity index (χ2n) is 7.72. The zero-order chi connectivity index (χ0) is 23.0. The monoisotopic (exact) mass is 432 g/mol. The lowest BCUT2D eigenvalue weighted by molar-refractivity contribution is 0.0697. The van der Waals surface area contributed by atoms with E-state index in [1.165, 1.54) is 12.1 Å². The summed E-state index contributed by atoms with van der Waals surface area (Å²) in [6.07, 6.45) is 3.27. The molecule has 0 aliphatic rings. The highest BCUT2D eigenvalue weighted by Crippen LogP contribution is 2.32. The van der Waals surface area contributed by atoms with Crippen LogP contribution in [-0.4, -0.2) is 16.1 Å². The number of aromatic nitrogens is 1. The number of carboxylic acids is 1. The van der Waals surface area contributed by atoms with Gasteiger partial charge in [-0.25, -0.2) is 9.18 Å². The number of hydrogen-bond acceptors (Lipinski definition) is 5. The van der Waals surface area contributed by atoms with Crippen molar-refractivity contribution >= 4 is 22.6 Å². The molecule has 6 nitrogen and oxygen atoms in total. The molecule has 7 heteroatoms. The molecule has 0 aliphatic carbocycles. The van der Waals surface area contributed by atoms with Gasteiger partial charge in [0.15, 0.2) is 5.43 Å². The van der Waals surface area contributed by atoms with Gasteiger partial charge in [-0.3, -0.25) is 9.78 Å². The third-order valence-corrected chi connectivity index (χ3v) is 5.37. The molecule has 1 atom stereocenters. The van der Waals surface area contributed by atoms with Gasteiger partial charge in [0.25, 0.3) is 0 Å². The summed E-state index contributed by atoms with van der Waals surface area (Å²) in [4.78, 5) is 28.9. The summed E-state index contributed by atoms with van der Waals surface area (Å²) in [5.41, 5.74) is 3.06. The number of hydrogen-bond donors (Lipinski definition) is 2. The number of aryl methyl sites for hydroxylation is 1. The van der Waals surface area contributed by atoms with E-state index in [-0.39, 0.29) is 16.7 Å². The Bertz CT molecular complexity index is 1400. The van der Waals surface area contributed by atoms with E-state index in [9.17, 15) is 19.1 Å². The maximum Gasteiger partial charge on any atom is 0.337 e. The number of aromatic carboxylic acids is 1. The first-order valence-electron chi connectivity index (χ1n) is 10.0. The molecular weight excluding hydrogens is 411 g/mol. The van der Waals surface area contributed by atoms with Crippen LogP contribution in [0.4, 0.5) is 10.1 Å². The first-order chi connectivity index (χ1) is 15.3. The topological polar surface area (TPSA) is 92.4 Å². The minimum Gasteiger partial charge on any atom is -0.478 e. The molecule has 2 N–H and O–H groups in total.